The minimum absolute atomic E-state index is 0.437. The summed E-state index contributed by atoms with van der Waals surface area (Å²) in [5.41, 5.74) is -0.696. The van der Waals surface area contributed by atoms with Crippen LogP contribution in [0.5, 0.6) is 0 Å². The fraction of sp³-hybridized carbons (Fsp3) is 0.562. The van der Waals surface area contributed by atoms with Gasteiger partial charge in [-0.25, -0.2) is 0 Å². The molecular weight excluding hydrogens is 254 g/mol. The summed E-state index contributed by atoms with van der Waals surface area (Å²) in [5.74, 6) is -0.780. The molecule has 0 radical (unpaired) electrons. The van der Waals surface area contributed by atoms with Crippen LogP contribution >= 0.6 is 0 Å². The molecule has 1 aromatic carbocycles. The van der Waals surface area contributed by atoms with Crippen LogP contribution in [-0.4, -0.2) is 36.4 Å². The molecule has 2 unspecified atom stereocenters. The lowest BCUT2D eigenvalue weighted by Gasteiger charge is -2.52. The number of piperidine rings is 1. The predicted molar refractivity (Wildman–Crippen MR) is 75.8 cm³/mol. The van der Waals surface area contributed by atoms with Crippen molar-refractivity contribution in [2.45, 2.75) is 36.7 Å². The Labute approximate surface area is 119 Å². The highest BCUT2D eigenvalue weighted by molar-refractivity contribution is 5.84. The fourth-order valence-corrected chi connectivity index (χ4v) is 3.81. The first-order valence-electron chi connectivity index (χ1n) is 7.35. The zero-order valence-corrected chi connectivity index (χ0v) is 11.6. The number of hydrogen-bond donors (Lipinski definition) is 2. The molecule has 1 spiro atoms. The summed E-state index contributed by atoms with van der Waals surface area (Å²) in [7, 11) is 0. The summed E-state index contributed by atoms with van der Waals surface area (Å²) in [6.45, 7) is 1.93. The van der Waals surface area contributed by atoms with Gasteiger partial charge in [-0.3, -0.25) is 4.79 Å². The molecule has 2 aliphatic rings. The minimum Gasteiger partial charge on any atom is -0.480 e. The lowest BCUT2D eigenvalue weighted by atomic mass is 9.61. The largest absolute Gasteiger partial charge is 0.480 e. The van der Waals surface area contributed by atoms with E-state index in [1.54, 1.807) is 0 Å². The van der Waals surface area contributed by atoms with Crippen LogP contribution in [0.4, 0.5) is 0 Å². The molecule has 0 amide bonds. The third-order valence-electron chi connectivity index (χ3n) is 4.86. The molecule has 0 aliphatic carbocycles. The number of carbonyl (C=O) groups is 1. The molecule has 3 rings (SSSR count). The van der Waals surface area contributed by atoms with E-state index in [0.29, 0.717) is 13.2 Å². The molecule has 2 N–H and O–H groups in total. The van der Waals surface area contributed by atoms with Crippen LogP contribution in [0.1, 0.15) is 31.2 Å². The zero-order valence-electron chi connectivity index (χ0n) is 11.6. The predicted octanol–water partition coefficient (Wildman–Crippen LogP) is 1.94. The quantitative estimate of drug-likeness (QED) is 0.866. The van der Waals surface area contributed by atoms with E-state index in [-0.39, 0.29) is 0 Å². The Bertz CT molecular complexity index is 473. The van der Waals surface area contributed by atoms with Crippen molar-refractivity contribution in [1.29, 1.82) is 0 Å². The molecule has 2 heterocycles. The van der Waals surface area contributed by atoms with E-state index >= 15 is 0 Å². The first-order chi connectivity index (χ1) is 9.71. The van der Waals surface area contributed by atoms with E-state index in [1.165, 1.54) is 0 Å². The maximum atomic E-state index is 12.2. The number of hydrogen-bond acceptors (Lipinski definition) is 3. The SMILES string of the molecule is O=C(O)C1(c2ccccc2)CNCCC12CCCCO2. The molecule has 0 bridgehead atoms. The molecule has 20 heavy (non-hydrogen) atoms. The average molecular weight is 275 g/mol. The van der Waals surface area contributed by atoms with Gasteiger partial charge in [-0.05, 0) is 37.8 Å². The number of nitrogens with one attached hydrogen (secondary N) is 1. The van der Waals surface area contributed by atoms with Crippen molar-refractivity contribution < 1.29 is 14.6 Å². The fourth-order valence-electron chi connectivity index (χ4n) is 3.81. The lowest BCUT2D eigenvalue weighted by molar-refractivity contribution is -0.179. The molecular formula is C16H21NO3. The van der Waals surface area contributed by atoms with Gasteiger partial charge in [0.1, 0.15) is 5.41 Å². The molecule has 4 nitrogen and oxygen atoms in total. The Balaban J connectivity index is 2.13. The number of benzene rings is 1. The van der Waals surface area contributed by atoms with E-state index < -0.39 is 17.0 Å². The Morgan fingerprint density at radius 1 is 1.20 bits per heavy atom. The van der Waals surface area contributed by atoms with Crippen LogP contribution in [-0.2, 0) is 14.9 Å². The van der Waals surface area contributed by atoms with Gasteiger partial charge in [-0.1, -0.05) is 30.3 Å². The van der Waals surface area contributed by atoms with Crippen LogP contribution in [0.25, 0.3) is 0 Å². The molecule has 108 valence electrons. The third-order valence-corrected chi connectivity index (χ3v) is 4.86. The van der Waals surface area contributed by atoms with Gasteiger partial charge < -0.3 is 15.2 Å². The van der Waals surface area contributed by atoms with Crippen molar-refractivity contribution in [1.82, 2.24) is 5.32 Å². The average Bonchev–Trinajstić information content (AvgIpc) is 2.49. The maximum Gasteiger partial charge on any atom is 0.318 e. The molecule has 4 heteroatoms. The van der Waals surface area contributed by atoms with Crippen molar-refractivity contribution in [3.63, 3.8) is 0 Å². The zero-order chi connectivity index (χ0) is 14.1. The van der Waals surface area contributed by atoms with E-state index in [0.717, 1.165) is 37.8 Å². The van der Waals surface area contributed by atoms with Gasteiger partial charge in [0.15, 0.2) is 0 Å². The molecule has 2 fully saturated rings. The third kappa shape index (κ3) is 1.86. The summed E-state index contributed by atoms with van der Waals surface area (Å²) in [4.78, 5) is 12.2. The lowest BCUT2D eigenvalue weighted by Crippen LogP contribution is -2.67. The summed E-state index contributed by atoms with van der Waals surface area (Å²) in [6.07, 6.45) is 3.66. The van der Waals surface area contributed by atoms with Crippen LogP contribution < -0.4 is 5.32 Å². The molecule has 1 aromatic rings. The normalized spacial score (nSPS) is 34.0. The second-order valence-corrected chi connectivity index (χ2v) is 5.80. The highest BCUT2D eigenvalue weighted by Gasteiger charge is 2.60. The topological polar surface area (TPSA) is 58.6 Å². The molecule has 0 aromatic heterocycles. The Morgan fingerprint density at radius 2 is 2.00 bits per heavy atom. The first kappa shape index (κ1) is 13.6. The molecule has 2 saturated heterocycles. The number of ether oxygens (including phenoxy) is 1. The van der Waals surface area contributed by atoms with E-state index in [4.69, 9.17) is 4.74 Å². The van der Waals surface area contributed by atoms with Crippen molar-refractivity contribution in [2.75, 3.05) is 19.7 Å². The Hall–Kier alpha value is -1.39. The standard InChI is InChI=1S/C16H21NO3/c18-14(19)16(13-6-2-1-3-7-13)12-17-10-9-15(16)8-4-5-11-20-15/h1-3,6-7,17H,4-5,8-12H2,(H,18,19). The monoisotopic (exact) mass is 275 g/mol. The highest BCUT2D eigenvalue weighted by Crippen LogP contribution is 2.47. The van der Waals surface area contributed by atoms with Gasteiger partial charge in [-0.2, -0.15) is 0 Å². The molecule has 2 aliphatic heterocycles. The van der Waals surface area contributed by atoms with E-state index in [9.17, 15) is 9.90 Å². The van der Waals surface area contributed by atoms with Crippen LogP contribution in [0.15, 0.2) is 30.3 Å². The van der Waals surface area contributed by atoms with Crippen molar-refractivity contribution in [3.8, 4) is 0 Å². The number of aliphatic carboxylic acids is 1. The van der Waals surface area contributed by atoms with Gasteiger partial charge >= 0.3 is 5.97 Å². The van der Waals surface area contributed by atoms with E-state index in [1.807, 2.05) is 30.3 Å². The Kier molecular flexibility index (Phi) is 3.52. The van der Waals surface area contributed by atoms with Crippen molar-refractivity contribution >= 4 is 5.97 Å². The maximum absolute atomic E-state index is 12.2. The van der Waals surface area contributed by atoms with Gasteiger partial charge in [0.25, 0.3) is 0 Å². The summed E-state index contributed by atoms with van der Waals surface area (Å²) < 4.78 is 6.12. The van der Waals surface area contributed by atoms with Gasteiger partial charge in [0.05, 0.1) is 5.60 Å². The van der Waals surface area contributed by atoms with Crippen LogP contribution in [0.3, 0.4) is 0 Å². The number of carboxylic acids is 1. The highest BCUT2D eigenvalue weighted by atomic mass is 16.5. The van der Waals surface area contributed by atoms with Crippen molar-refractivity contribution in [3.05, 3.63) is 35.9 Å². The summed E-state index contributed by atoms with van der Waals surface area (Å²) in [6, 6.07) is 9.57. The van der Waals surface area contributed by atoms with Crippen molar-refractivity contribution in [2.24, 2.45) is 0 Å². The van der Waals surface area contributed by atoms with Gasteiger partial charge in [-0.15, -0.1) is 0 Å². The number of rotatable bonds is 2. The summed E-state index contributed by atoms with van der Waals surface area (Å²) in [5, 5.41) is 13.3. The second kappa shape index (κ2) is 5.19. The minimum atomic E-state index is -0.979. The number of carboxylic acid groups (broad SMARTS) is 1. The smallest absolute Gasteiger partial charge is 0.318 e. The second-order valence-electron chi connectivity index (χ2n) is 5.80. The van der Waals surface area contributed by atoms with Crippen LogP contribution in [0, 0.1) is 0 Å². The van der Waals surface area contributed by atoms with Crippen LogP contribution in [0.2, 0.25) is 0 Å². The van der Waals surface area contributed by atoms with E-state index in [2.05, 4.69) is 5.32 Å². The molecule has 2 atom stereocenters. The Morgan fingerprint density at radius 3 is 2.65 bits per heavy atom. The first-order valence-corrected chi connectivity index (χ1v) is 7.35. The molecule has 0 saturated carbocycles. The van der Waals surface area contributed by atoms with Gasteiger partial charge in [0.2, 0.25) is 0 Å². The van der Waals surface area contributed by atoms with Gasteiger partial charge in [0, 0.05) is 13.2 Å². The summed E-state index contributed by atoms with van der Waals surface area (Å²) >= 11 is 0.